The molecule has 0 aliphatic carbocycles. The molecule has 0 aromatic carbocycles. The first kappa shape index (κ1) is 8.09. The minimum atomic E-state index is 0.495. The van der Waals surface area contributed by atoms with Gasteiger partial charge in [0.25, 0.3) is 0 Å². The van der Waals surface area contributed by atoms with E-state index in [0.29, 0.717) is 21.0 Å². The van der Waals surface area contributed by atoms with Gasteiger partial charge in [0.2, 0.25) is 0 Å². The maximum absolute atomic E-state index is 5.64. The first-order chi connectivity index (χ1) is 4.77. The molecule has 2 atom stereocenters. The Hall–Kier alpha value is -0.0105. The second-order valence-electron chi connectivity index (χ2n) is 2.51. The van der Waals surface area contributed by atoms with Gasteiger partial charge in [-0.3, -0.25) is 0 Å². The van der Waals surface area contributed by atoms with Gasteiger partial charge in [-0.2, -0.15) is 0 Å². The summed E-state index contributed by atoms with van der Waals surface area (Å²) in [7, 11) is 0. The standard InChI is InChI=1S/C7H14N2Se/c1-3-5-6(4-2)10-7(8)9-5/h5-6H,3-4H2,1-2H3,(H2,8,9)/t5-,6+/m0/s1. The zero-order valence-corrected chi connectivity index (χ0v) is 8.21. The quantitative estimate of drug-likeness (QED) is 0.671. The molecular weight excluding hydrogens is 191 g/mol. The van der Waals surface area contributed by atoms with Crippen LogP contribution in [-0.4, -0.2) is 25.7 Å². The third kappa shape index (κ3) is 1.53. The number of hydrogen-bond donors (Lipinski definition) is 1. The molecular formula is C7H14N2Se. The van der Waals surface area contributed by atoms with E-state index < -0.39 is 0 Å². The van der Waals surface area contributed by atoms with Crippen LogP contribution < -0.4 is 5.73 Å². The van der Waals surface area contributed by atoms with Crippen molar-refractivity contribution in [3.63, 3.8) is 0 Å². The second kappa shape index (κ2) is 3.40. The molecule has 10 heavy (non-hydrogen) atoms. The topological polar surface area (TPSA) is 38.4 Å². The average molecular weight is 205 g/mol. The van der Waals surface area contributed by atoms with Crippen molar-refractivity contribution in [2.45, 2.75) is 37.5 Å². The van der Waals surface area contributed by atoms with Crippen LogP contribution in [0, 0.1) is 0 Å². The zero-order valence-electron chi connectivity index (χ0n) is 6.50. The van der Waals surface area contributed by atoms with Crippen LogP contribution in [0.4, 0.5) is 0 Å². The molecule has 0 radical (unpaired) electrons. The number of nitrogens with two attached hydrogens (primary N) is 1. The SMILES string of the molecule is CC[C@@H]1N=C(N)[Se][C@@H]1CC. The van der Waals surface area contributed by atoms with Gasteiger partial charge in [-0.1, -0.05) is 0 Å². The third-order valence-electron chi connectivity index (χ3n) is 1.81. The average Bonchev–Trinajstić information content (AvgIpc) is 2.30. The molecule has 0 spiro atoms. The van der Waals surface area contributed by atoms with E-state index in [0.717, 1.165) is 16.0 Å². The fourth-order valence-corrected chi connectivity index (χ4v) is 3.49. The molecule has 0 amide bonds. The molecule has 2 N–H and O–H groups in total. The van der Waals surface area contributed by atoms with Gasteiger partial charge in [0.15, 0.2) is 0 Å². The van der Waals surface area contributed by atoms with Crippen molar-refractivity contribution in [1.82, 2.24) is 0 Å². The number of hydrogen-bond acceptors (Lipinski definition) is 2. The number of amidine groups is 1. The van der Waals surface area contributed by atoms with Crippen molar-refractivity contribution in [3.05, 3.63) is 0 Å². The van der Waals surface area contributed by atoms with Gasteiger partial charge in [0, 0.05) is 0 Å². The Morgan fingerprint density at radius 3 is 2.60 bits per heavy atom. The van der Waals surface area contributed by atoms with Crippen molar-refractivity contribution in [1.29, 1.82) is 0 Å². The van der Waals surface area contributed by atoms with Crippen molar-refractivity contribution in [3.8, 4) is 0 Å². The summed E-state index contributed by atoms with van der Waals surface area (Å²) >= 11 is 0.495. The maximum atomic E-state index is 5.64. The van der Waals surface area contributed by atoms with Crippen LogP contribution in [-0.2, 0) is 0 Å². The molecule has 1 heterocycles. The number of nitrogens with zero attached hydrogens (tertiary/aromatic N) is 1. The fourth-order valence-electron chi connectivity index (χ4n) is 1.22. The van der Waals surface area contributed by atoms with Crippen molar-refractivity contribution < 1.29 is 0 Å². The monoisotopic (exact) mass is 206 g/mol. The first-order valence-corrected chi connectivity index (χ1v) is 5.62. The van der Waals surface area contributed by atoms with Gasteiger partial charge in [0.05, 0.1) is 0 Å². The van der Waals surface area contributed by atoms with E-state index in [9.17, 15) is 0 Å². The molecule has 0 aromatic heterocycles. The Bertz CT molecular complexity index is 145. The van der Waals surface area contributed by atoms with Crippen LogP contribution in [0.5, 0.6) is 0 Å². The summed E-state index contributed by atoms with van der Waals surface area (Å²) in [4.78, 5) is 5.17. The molecule has 58 valence electrons. The predicted octanol–water partition coefficient (Wildman–Crippen LogP) is 0.996. The van der Waals surface area contributed by atoms with Gasteiger partial charge < -0.3 is 0 Å². The summed E-state index contributed by atoms with van der Waals surface area (Å²) in [6.07, 6.45) is 2.39. The van der Waals surface area contributed by atoms with E-state index in [2.05, 4.69) is 18.8 Å². The van der Waals surface area contributed by atoms with Crippen LogP contribution in [0.2, 0.25) is 4.82 Å². The Labute approximate surface area is 68.4 Å². The Kier molecular flexibility index (Phi) is 2.75. The number of rotatable bonds is 2. The molecule has 0 fully saturated rings. The van der Waals surface area contributed by atoms with Crippen LogP contribution >= 0.6 is 0 Å². The van der Waals surface area contributed by atoms with E-state index in [4.69, 9.17) is 5.73 Å². The van der Waals surface area contributed by atoms with Crippen LogP contribution in [0.3, 0.4) is 0 Å². The van der Waals surface area contributed by atoms with Crippen molar-refractivity contribution in [2.75, 3.05) is 0 Å². The Balaban J connectivity index is 2.52. The molecule has 1 aliphatic rings. The minimum absolute atomic E-state index is 0.495. The summed E-state index contributed by atoms with van der Waals surface area (Å²) in [6.45, 7) is 4.41. The van der Waals surface area contributed by atoms with Crippen molar-refractivity contribution >= 4 is 19.7 Å². The summed E-state index contributed by atoms with van der Waals surface area (Å²) in [5.41, 5.74) is 5.64. The summed E-state index contributed by atoms with van der Waals surface area (Å²) in [5.74, 6) is 0. The second-order valence-corrected chi connectivity index (χ2v) is 5.15. The van der Waals surface area contributed by atoms with Crippen LogP contribution in [0.15, 0.2) is 4.99 Å². The van der Waals surface area contributed by atoms with E-state index in [1.165, 1.54) is 6.42 Å². The molecule has 2 nitrogen and oxygen atoms in total. The van der Waals surface area contributed by atoms with Gasteiger partial charge in [-0.15, -0.1) is 0 Å². The van der Waals surface area contributed by atoms with Crippen LogP contribution in [0.25, 0.3) is 0 Å². The summed E-state index contributed by atoms with van der Waals surface area (Å²) in [5, 5.41) is 0. The molecule has 1 rings (SSSR count). The Morgan fingerprint density at radius 1 is 1.50 bits per heavy atom. The molecule has 0 saturated carbocycles. The van der Waals surface area contributed by atoms with Gasteiger partial charge in [-0.05, 0) is 0 Å². The van der Waals surface area contributed by atoms with E-state index in [1.54, 1.807) is 0 Å². The van der Waals surface area contributed by atoms with E-state index >= 15 is 0 Å². The normalized spacial score (nSPS) is 32.4. The summed E-state index contributed by atoms with van der Waals surface area (Å²) in [6, 6.07) is 0.546. The molecule has 0 aromatic rings. The van der Waals surface area contributed by atoms with Gasteiger partial charge in [0.1, 0.15) is 0 Å². The van der Waals surface area contributed by atoms with E-state index in [-0.39, 0.29) is 0 Å². The fraction of sp³-hybridized carbons (Fsp3) is 0.857. The predicted molar refractivity (Wildman–Crippen MR) is 45.5 cm³/mol. The molecule has 3 heteroatoms. The molecule has 1 aliphatic heterocycles. The zero-order chi connectivity index (χ0) is 7.56. The first-order valence-electron chi connectivity index (χ1n) is 3.77. The Morgan fingerprint density at radius 2 is 2.20 bits per heavy atom. The third-order valence-corrected chi connectivity index (χ3v) is 4.54. The van der Waals surface area contributed by atoms with Gasteiger partial charge in [-0.25, -0.2) is 0 Å². The van der Waals surface area contributed by atoms with Gasteiger partial charge >= 0.3 is 68.0 Å². The molecule has 0 unspecified atom stereocenters. The molecule has 0 saturated heterocycles. The van der Waals surface area contributed by atoms with Crippen molar-refractivity contribution in [2.24, 2.45) is 10.7 Å². The molecule has 0 bridgehead atoms. The summed E-state index contributed by atoms with van der Waals surface area (Å²) < 4.78 is 0.922. The van der Waals surface area contributed by atoms with Crippen LogP contribution in [0.1, 0.15) is 26.7 Å². The number of aliphatic imine (C=N–C) groups is 1. The van der Waals surface area contributed by atoms with E-state index in [1.807, 2.05) is 0 Å².